The van der Waals surface area contributed by atoms with E-state index in [2.05, 4.69) is 35.3 Å². The van der Waals surface area contributed by atoms with Gasteiger partial charge in [-0.3, -0.25) is 4.90 Å². The van der Waals surface area contributed by atoms with Crippen LogP contribution in [0.2, 0.25) is 0 Å². The minimum Gasteiger partial charge on any atom is -0.395 e. The Bertz CT molecular complexity index is 574. The fourth-order valence-electron chi connectivity index (χ4n) is 3.77. The molecule has 5 nitrogen and oxygen atoms in total. The first kappa shape index (κ1) is 18.2. The van der Waals surface area contributed by atoms with Gasteiger partial charge >= 0.3 is 6.03 Å². The summed E-state index contributed by atoms with van der Waals surface area (Å²) in [7, 11) is 0. The summed E-state index contributed by atoms with van der Waals surface area (Å²) in [5.41, 5.74) is 2.49. The highest BCUT2D eigenvalue weighted by molar-refractivity contribution is 5.75. The smallest absolute Gasteiger partial charge is 0.317 e. The van der Waals surface area contributed by atoms with Crippen molar-refractivity contribution in [2.75, 3.05) is 26.2 Å². The van der Waals surface area contributed by atoms with Crippen LogP contribution in [0.25, 0.3) is 0 Å². The van der Waals surface area contributed by atoms with Crippen molar-refractivity contribution in [3.63, 3.8) is 0 Å². The Hall–Kier alpha value is -1.59. The number of amides is 2. The highest BCUT2D eigenvalue weighted by atomic mass is 16.3. The predicted molar refractivity (Wildman–Crippen MR) is 99.2 cm³/mol. The summed E-state index contributed by atoms with van der Waals surface area (Å²) in [4.78, 5) is 16.7. The molecule has 1 aromatic carbocycles. The number of carbonyl (C=O) groups excluding carboxylic acids is 1. The van der Waals surface area contributed by atoms with Crippen LogP contribution in [0, 0.1) is 5.92 Å². The van der Waals surface area contributed by atoms with Gasteiger partial charge in [-0.2, -0.15) is 0 Å². The van der Waals surface area contributed by atoms with E-state index in [4.69, 9.17) is 5.11 Å². The number of piperidine rings is 1. The van der Waals surface area contributed by atoms with Gasteiger partial charge in [0, 0.05) is 32.2 Å². The lowest BCUT2D eigenvalue weighted by molar-refractivity contribution is 0.172. The number of nitrogens with one attached hydrogen (secondary N) is 1. The number of nitrogens with zero attached hydrogens (tertiary/aromatic N) is 2. The van der Waals surface area contributed by atoms with Crippen LogP contribution in [0.1, 0.15) is 43.7 Å². The number of likely N-dealkylation sites (tertiary alicyclic amines) is 1. The number of rotatable bonds is 7. The molecule has 3 rings (SSSR count). The van der Waals surface area contributed by atoms with Crippen LogP contribution in [0.15, 0.2) is 24.3 Å². The van der Waals surface area contributed by atoms with Crippen molar-refractivity contribution in [3.8, 4) is 0 Å². The van der Waals surface area contributed by atoms with Crippen LogP contribution in [-0.2, 0) is 13.1 Å². The molecule has 1 aromatic rings. The van der Waals surface area contributed by atoms with E-state index < -0.39 is 0 Å². The van der Waals surface area contributed by atoms with Crippen molar-refractivity contribution in [2.45, 2.75) is 51.7 Å². The third kappa shape index (κ3) is 5.19. The van der Waals surface area contributed by atoms with Crippen LogP contribution in [0.3, 0.4) is 0 Å². The van der Waals surface area contributed by atoms with Gasteiger partial charge in [-0.1, -0.05) is 31.2 Å². The number of aliphatic hydroxyl groups excluding tert-OH is 1. The summed E-state index contributed by atoms with van der Waals surface area (Å²) >= 11 is 0. The molecule has 1 saturated carbocycles. The summed E-state index contributed by atoms with van der Waals surface area (Å²) in [5, 5.41) is 12.2. The summed E-state index contributed by atoms with van der Waals surface area (Å²) in [6, 6.07) is 8.66. The molecule has 1 aliphatic carbocycles. The van der Waals surface area contributed by atoms with Crippen LogP contribution in [0.4, 0.5) is 4.79 Å². The van der Waals surface area contributed by atoms with Crippen LogP contribution >= 0.6 is 0 Å². The quantitative estimate of drug-likeness (QED) is 0.799. The second-order valence-corrected chi connectivity index (χ2v) is 7.56. The van der Waals surface area contributed by atoms with E-state index in [9.17, 15) is 4.79 Å². The Morgan fingerprint density at radius 1 is 1.28 bits per heavy atom. The predicted octanol–water partition coefficient (Wildman–Crippen LogP) is 2.58. The maximum Gasteiger partial charge on any atom is 0.317 e. The summed E-state index contributed by atoms with van der Waals surface area (Å²) in [6.07, 6.45) is 4.71. The summed E-state index contributed by atoms with van der Waals surface area (Å²) in [5.74, 6) is 0.770. The Morgan fingerprint density at radius 3 is 2.72 bits per heavy atom. The van der Waals surface area contributed by atoms with Crippen molar-refractivity contribution in [3.05, 3.63) is 35.4 Å². The van der Waals surface area contributed by atoms with Crippen LogP contribution in [0.5, 0.6) is 0 Å². The van der Waals surface area contributed by atoms with E-state index in [1.54, 1.807) is 4.90 Å². The topological polar surface area (TPSA) is 55.8 Å². The van der Waals surface area contributed by atoms with Gasteiger partial charge in [-0.15, -0.1) is 0 Å². The third-order valence-electron chi connectivity index (χ3n) is 5.27. The second kappa shape index (κ2) is 8.68. The Kier molecular flexibility index (Phi) is 6.32. The van der Waals surface area contributed by atoms with Gasteiger partial charge in [0.2, 0.25) is 0 Å². The molecular weight excluding hydrogens is 314 g/mol. The summed E-state index contributed by atoms with van der Waals surface area (Å²) in [6.45, 7) is 6.60. The maximum absolute atomic E-state index is 12.4. The minimum absolute atomic E-state index is 0.0215. The maximum atomic E-state index is 12.4. The Morgan fingerprint density at radius 2 is 2.04 bits per heavy atom. The van der Waals surface area contributed by atoms with Crippen molar-refractivity contribution >= 4 is 6.03 Å². The van der Waals surface area contributed by atoms with Gasteiger partial charge < -0.3 is 15.3 Å². The van der Waals surface area contributed by atoms with Gasteiger partial charge in [-0.25, -0.2) is 4.79 Å². The third-order valence-corrected chi connectivity index (χ3v) is 5.27. The van der Waals surface area contributed by atoms with E-state index in [0.717, 1.165) is 38.4 Å². The number of hydrogen-bond donors (Lipinski definition) is 2. The van der Waals surface area contributed by atoms with E-state index >= 15 is 0 Å². The number of benzene rings is 1. The van der Waals surface area contributed by atoms with Gasteiger partial charge in [0.05, 0.1) is 6.61 Å². The van der Waals surface area contributed by atoms with Crippen LogP contribution in [-0.4, -0.2) is 53.2 Å². The molecule has 2 amide bonds. The van der Waals surface area contributed by atoms with E-state index in [1.807, 2.05) is 6.07 Å². The molecule has 1 heterocycles. The van der Waals surface area contributed by atoms with Gasteiger partial charge in [-0.05, 0) is 49.3 Å². The first-order chi connectivity index (χ1) is 12.2. The number of urea groups is 1. The molecule has 2 aliphatic rings. The molecule has 1 aliphatic heterocycles. The van der Waals surface area contributed by atoms with Crippen molar-refractivity contribution in [1.29, 1.82) is 0 Å². The Balaban J connectivity index is 1.57. The molecule has 25 heavy (non-hydrogen) atoms. The molecule has 2 N–H and O–H groups in total. The van der Waals surface area contributed by atoms with Crippen molar-refractivity contribution in [1.82, 2.24) is 15.1 Å². The van der Waals surface area contributed by atoms with Crippen molar-refractivity contribution in [2.24, 2.45) is 5.92 Å². The fourth-order valence-corrected chi connectivity index (χ4v) is 3.77. The molecule has 0 radical (unpaired) electrons. The molecule has 1 atom stereocenters. The standard InChI is InChI=1S/C20H31N3O2/c1-16-5-4-10-22(14-16)15-18-7-3-2-6-17(18)13-21-20(25)23(11-12-24)19-8-9-19/h2-3,6-7,16,19,24H,4-5,8-15H2,1H3,(H,21,25). The highest BCUT2D eigenvalue weighted by Crippen LogP contribution is 2.26. The number of aliphatic hydroxyl groups is 1. The average Bonchev–Trinajstić information content (AvgIpc) is 3.43. The van der Waals surface area contributed by atoms with E-state index in [1.165, 1.54) is 24.0 Å². The number of hydrogen-bond acceptors (Lipinski definition) is 3. The zero-order valence-electron chi connectivity index (χ0n) is 15.3. The molecule has 1 saturated heterocycles. The lowest BCUT2D eigenvalue weighted by Crippen LogP contribution is -2.42. The fraction of sp³-hybridized carbons (Fsp3) is 0.650. The molecule has 2 fully saturated rings. The lowest BCUT2D eigenvalue weighted by atomic mass is 9.99. The summed E-state index contributed by atoms with van der Waals surface area (Å²) < 4.78 is 0. The van der Waals surface area contributed by atoms with Crippen LogP contribution < -0.4 is 5.32 Å². The average molecular weight is 345 g/mol. The van der Waals surface area contributed by atoms with Crippen molar-refractivity contribution < 1.29 is 9.90 Å². The monoisotopic (exact) mass is 345 g/mol. The lowest BCUT2D eigenvalue weighted by Gasteiger charge is -2.31. The Labute approximate surface area is 151 Å². The molecule has 138 valence electrons. The van der Waals surface area contributed by atoms with Gasteiger partial charge in [0.15, 0.2) is 0 Å². The SMILES string of the molecule is CC1CCCN(Cc2ccccc2CNC(=O)N(CCO)C2CC2)C1. The highest BCUT2D eigenvalue weighted by Gasteiger charge is 2.32. The zero-order chi connectivity index (χ0) is 17.6. The molecule has 0 aromatic heterocycles. The molecule has 5 heteroatoms. The molecule has 1 unspecified atom stereocenters. The first-order valence-electron chi connectivity index (χ1n) is 9.62. The first-order valence-corrected chi connectivity index (χ1v) is 9.62. The molecular formula is C20H31N3O2. The van der Waals surface area contributed by atoms with E-state index in [-0.39, 0.29) is 12.6 Å². The normalized spacial score (nSPS) is 21.1. The van der Waals surface area contributed by atoms with E-state index in [0.29, 0.717) is 19.1 Å². The zero-order valence-corrected chi connectivity index (χ0v) is 15.3. The molecule has 0 bridgehead atoms. The minimum atomic E-state index is -0.0575. The molecule has 0 spiro atoms. The number of carbonyl (C=O) groups is 1. The van der Waals surface area contributed by atoms with Gasteiger partial charge in [0.1, 0.15) is 0 Å². The van der Waals surface area contributed by atoms with Gasteiger partial charge in [0.25, 0.3) is 0 Å². The second-order valence-electron chi connectivity index (χ2n) is 7.56. The largest absolute Gasteiger partial charge is 0.395 e.